The van der Waals surface area contributed by atoms with Gasteiger partial charge in [-0.15, -0.1) is 0 Å². The molecular formula is C51H80N10O17S. The van der Waals surface area contributed by atoms with Crippen LogP contribution in [-0.4, -0.2) is 188 Å². The van der Waals surface area contributed by atoms with Gasteiger partial charge in [-0.3, -0.25) is 38.4 Å². The Morgan fingerprint density at radius 1 is 0.646 bits per heavy atom. The molecule has 0 aliphatic carbocycles. The first-order valence-corrected chi connectivity index (χ1v) is 27.3. The average molecular weight is 1140 g/mol. The van der Waals surface area contributed by atoms with E-state index in [4.69, 9.17) is 4.74 Å². The number of nitrogens with zero attached hydrogens (tertiary/aromatic N) is 1. The summed E-state index contributed by atoms with van der Waals surface area (Å²) >= 11 is 0. The fourth-order valence-electron chi connectivity index (χ4n) is 8.65. The lowest BCUT2D eigenvalue weighted by Gasteiger charge is -2.43. The smallest absolute Gasteiger partial charge is 0.328 e. The molecule has 1 aliphatic rings. The number of sulfonamides is 1. The Kier molecular flexibility index (Phi) is 25.5. The van der Waals surface area contributed by atoms with Crippen molar-refractivity contribution in [3.8, 4) is 0 Å². The fourth-order valence-corrected chi connectivity index (χ4v) is 10.1. The van der Waals surface area contributed by atoms with Gasteiger partial charge < -0.3 is 77.7 Å². The molecule has 442 valence electrons. The third kappa shape index (κ3) is 19.1. The van der Waals surface area contributed by atoms with Gasteiger partial charge in [0, 0.05) is 43.4 Å². The minimum absolute atomic E-state index is 0.00865. The van der Waals surface area contributed by atoms with Crippen molar-refractivity contribution in [2.24, 2.45) is 23.7 Å². The molecule has 0 radical (unpaired) electrons. The molecule has 0 bridgehead atoms. The first kappa shape index (κ1) is 66.7. The summed E-state index contributed by atoms with van der Waals surface area (Å²) in [5, 5.41) is 70.0. The van der Waals surface area contributed by atoms with E-state index < -0.39 is 168 Å². The van der Waals surface area contributed by atoms with E-state index in [1.165, 1.54) is 33.8 Å². The highest BCUT2D eigenvalue weighted by Gasteiger charge is 2.45. The van der Waals surface area contributed by atoms with Crippen molar-refractivity contribution in [3.05, 3.63) is 36.4 Å². The van der Waals surface area contributed by atoms with Crippen LogP contribution in [0.2, 0.25) is 0 Å². The summed E-state index contributed by atoms with van der Waals surface area (Å²) in [5.74, 6) is -11.6. The van der Waals surface area contributed by atoms with Gasteiger partial charge in [0.05, 0.1) is 55.4 Å². The molecule has 12 unspecified atom stereocenters. The van der Waals surface area contributed by atoms with E-state index >= 15 is 0 Å². The zero-order valence-corrected chi connectivity index (χ0v) is 47.2. The van der Waals surface area contributed by atoms with Crippen molar-refractivity contribution >= 4 is 79.7 Å². The molecule has 14 N–H and O–H groups in total. The molecule has 3 rings (SSSR count). The molecule has 12 atom stereocenters. The van der Waals surface area contributed by atoms with Gasteiger partial charge in [0.15, 0.2) is 6.23 Å². The topological polar surface area (TPSA) is 410 Å². The lowest BCUT2D eigenvalue weighted by atomic mass is 9.88. The number of amides is 8. The average Bonchev–Trinajstić information content (AvgIpc) is 3.37. The standard InChI is InChI=1S/C51H80N10O17S/c1-24(2)18-32(53-44(68)28(8)60-79(76,77)39-17-13-14-30-31(39)15-12-16-37(30)61(10)11)45(69)54-33(19-25(3)4)47(71)59-41(26(5)6)49(73)55-34(46(70)56-35(21-62)48(72)57-36(22-63)51(74)75)20-40(66)58-50-42(52-29(9)65)43(67)27(7)38(23-64)78-50/h12-17,24-28,32-36,38,41-43,50,60,62-64,67H,18-23H2,1-11H3,(H,52,65)(H,53,68)(H,54,69)(H,55,73)(H,56,70)(H,57,72)(H,58,66)(H,59,71)(H,74,75). The number of carboxylic acid groups (broad SMARTS) is 1. The number of anilines is 1. The van der Waals surface area contributed by atoms with E-state index in [2.05, 4.69) is 41.9 Å². The number of rotatable bonds is 29. The monoisotopic (exact) mass is 1140 g/mol. The third-order valence-electron chi connectivity index (χ3n) is 12.9. The van der Waals surface area contributed by atoms with E-state index in [9.17, 15) is 77.1 Å². The Bertz CT molecular complexity index is 2600. The van der Waals surface area contributed by atoms with Crippen LogP contribution >= 0.6 is 0 Å². The van der Waals surface area contributed by atoms with Crippen LogP contribution in [0.3, 0.4) is 0 Å². The highest BCUT2D eigenvalue weighted by molar-refractivity contribution is 7.89. The number of benzene rings is 2. The fraction of sp³-hybridized carbons (Fsp3) is 0.627. The van der Waals surface area contributed by atoms with Gasteiger partial charge in [0.1, 0.15) is 36.3 Å². The quantitative estimate of drug-likeness (QED) is 0.0387. The van der Waals surface area contributed by atoms with Crippen molar-refractivity contribution < 1.29 is 81.8 Å². The second-order valence-electron chi connectivity index (χ2n) is 21.0. The molecule has 1 saturated heterocycles. The molecular weight excluding hydrogens is 1060 g/mol. The second kappa shape index (κ2) is 30.1. The Morgan fingerprint density at radius 2 is 1.14 bits per heavy atom. The van der Waals surface area contributed by atoms with Gasteiger partial charge in [0.25, 0.3) is 0 Å². The van der Waals surface area contributed by atoms with Crippen molar-refractivity contribution in [1.29, 1.82) is 0 Å². The number of nitrogens with one attached hydrogen (secondary N) is 9. The van der Waals surface area contributed by atoms with E-state index in [0.717, 1.165) is 12.6 Å². The second-order valence-corrected chi connectivity index (χ2v) is 22.7. The summed E-state index contributed by atoms with van der Waals surface area (Å²) < 4.78 is 35.8. The summed E-state index contributed by atoms with van der Waals surface area (Å²) in [6.45, 7) is 11.2. The number of aliphatic hydroxyl groups excluding tert-OH is 4. The SMILES string of the molecule is CC(=O)NC1C(NC(=O)CC(NC(=O)C(NC(=O)C(CC(C)C)NC(=O)C(CC(C)C)NC(=O)C(C)NS(=O)(=O)c2cccc3c(N(C)C)cccc23)C(C)C)C(=O)NC(CO)C(=O)NC(CO)C(=O)O)OC(CO)C(C)C1O. The summed E-state index contributed by atoms with van der Waals surface area (Å²) in [6, 6.07) is -2.65. The molecule has 0 saturated carbocycles. The number of carboxylic acids is 1. The number of aliphatic hydroxyl groups is 4. The molecule has 2 aromatic rings. The predicted octanol–water partition coefficient (Wildman–Crippen LogP) is -2.98. The minimum atomic E-state index is -4.32. The number of fused-ring (bicyclic) bond motifs is 1. The largest absolute Gasteiger partial charge is 0.480 e. The van der Waals surface area contributed by atoms with Crippen LogP contribution in [0.5, 0.6) is 0 Å². The highest BCUT2D eigenvalue weighted by Crippen LogP contribution is 2.30. The summed E-state index contributed by atoms with van der Waals surface area (Å²) in [7, 11) is -0.688. The maximum atomic E-state index is 14.3. The molecule has 0 aromatic heterocycles. The van der Waals surface area contributed by atoms with Crippen LogP contribution in [0.15, 0.2) is 41.3 Å². The van der Waals surface area contributed by atoms with Gasteiger partial charge in [-0.25, -0.2) is 13.2 Å². The van der Waals surface area contributed by atoms with Crippen LogP contribution in [0, 0.1) is 23.7 Å². The van der Waals surface area contributed by atoms with Crippen molar-refractivity contribution in [3.63, 3.8) is 0 Å². The maximum absolute atomic E-state index is 14.3. The Hall–Kier alpha value is -6.56. The Morgan fingerprint density at radius 3 is 1.66 bits per heavy atom. The number of aliphatic carboxylic acids is 1. The van der Waals surface area contributed by atoms with Crippen LogP contribution < -0.4 is 52.2 Å². The summed E-state index contributed by atoms with van der Waals surface area (Å²) in [5.41, 5.74) is 0.766. The molecule has 1 heterocycles. The zero-order valence-electron chi connectivity index (χ0n) is 46.4. The predicted molar refractivity (Wildman–Crippen MR) is 286 cm³/mol. The van der Waals surface area contributed by atoms with Crippen LogP contribution in [-0.2, 0) is 57.9 Å². The molecule has 1 aliphatic heterocycles. The van der Waals surface area contributed by atoms with E-state index in [0.29, 0.717) is 10.8 Å². The molecule has 79 heavy (non-hydrogen) atoms. The van der Waals surface area contributed by atoms with Crippen LogP contribution in [0.1, 0.15) is 81.6 Å². The summed E-state index contributed by atoms with van der Waals surface area (Å²) in [6.07, 6.45) is -4.88. The minimum Gasteiger partial charge on any atom is -0.480 e. The van der Waals surface area contributed by atoms with E-state index in [1.807, 2.05) is 30.4 Å². The van der Waals surface area contributed by atoms with Crippen molar-refractivity contribution in [2.75, 3.05) is 38.8 Å². The van der Waals surface area contributed by atoms with Crippen molar-refractivity contribution in [2.45, 2.75) is 153 Å². The number of carbonyl (C=O) groups is 9. The van der Waals surface area contributed by atoms with Gasteiger partial charge in [-0.2, -0.15) is 4.72 Å². The number of hydrogen-bond donors (Lipinski definition) is 14. The van der Waals surface area contributed by atoms with Gasteiger partial charge in [0.2, 0.25) is 57.3 Å². The normalized spacial score (nSPS) is 20.1. The summed E-state index contributed by atoms with van der Waals surface area (Å²) in [4.78, 5) is 123. The molecule has 28 heteroatoms. The van der Waals surface area contributed by atoms with Gasteiger partial charge >= 0.3 is 5.97 Å². The van der Waals surface area contributed by atoms with Crippen molar-refractivity contribution in [1.82, 2.24) is 47.3 Å². The highest BCUT2D eigenvalue weighted by atomic mass is 32.2. The van der Waals surface area contributed by atoms with Crippen LogP contribution in [0.25, 0.3) is 10.8 Å². The van der Waals surface area contributed by atoms with Crippen LogP contribution in [0.4, 0.5) is 5.69 Å². The molecule has 27 nitrogen and oxygen atoms in total. The third-order valence-corrected chi connectivity index (χ3v) is 14.5. The Balaban J connectivity index is 1.91. The van der Waals surface area contributed by atoms with Gasteiger partial charge in [-0.05, 0) is 49.7 Å². The number of ether oxygens (including phenoxy) is 1. The van der Waals surface area contributed by atoms with Gasteiger partial charge in [-0.1, -0.05) is 72.7 Å². The zero-order chi connectivity index (χ0) is 59.8. The number of carbonyl (C=O) groups excluding carboxylic acids is 8. The number of hydrogen-bond acceptors (Lipinski definition) is 17. The molecule has 0 spiro atoms. The van der Waals surface area contributed by atoms with E-state index in [-0.39, 0.29) is 29.6 Å². The first-order chi connectivity index (χ1) is 36.9. The lowest BCUT2D eigenvalue weighted by Crippen LogP contribution is -2.66. The molecule has 2 aromatic carbocycles. The van der Waals surface area contributed by atoms with E-state index in [1.54, 1.807) is 52.0 Å². The maximum Gasteiger partial charge on any atom is 0.328 e. The first-order valence-electron chi connectivity index (χ1n) is 25.9. The Labute approximate surface area is 459 Å². The molecule has 8 amide bonds. The lowest BCUT2D eigenvalue weighted by molar-refractivity contribution is -0.178. The molecule has 1 fully saturated rings.